The van der Waals surface area contributed by atoms with Crippen LogP contribution in [0.3, 0.4) is 0 Å². The maximum absolute atomic E-state index is 5.54. The van der Waals surface area contributed by atoms with Crippen molar-refractivity contribution >= 4 is 27.4 Å². The molecule has 0 saturated carbocycles. The number of ether oxygens (including phenoxy) is 2. The first kappa shape index (κ1) is 24.2. The molecule has 1 aromatic heterocycles. The van der Waals surface area contributed by atoms with Crippen LogP contribution < -0.4 is 14.8 Å². The van der Waals surface area contributed by atoms with Gasteiger partial charge in [-0.25, -0.2) is 0 Å². The van der Waals surface area contributed by atoms with Gasteiger partial charge >= 0.3 is 0 Å². The summed E-state index contributed by atoms with van der Waals surface area (Å²) in [5, 5.41) is 17.7. The Labute approximate surface area is 223 Å². The van der Waals surface area contributed by atoms with Gasteiger partial charge in [0.05, 0.1) is 14.2 Å². The number of fused-ring (bicyclic) bond motifs is 2. The van der Waals surface area contributed by atoms with Crippen LogP contribution >= 0.6 is 0 Å². The normalized spacial score (nSPS) is 14.6. The van der Waals surface area contributed by atoms with Crippen molar-refractivity contribution in [2.24, 2.45) is 0 Å². The zero-order chi connectivity index (χ0) is 25.9. The number of likely N-dealkylation sites (tertiary alicyclic amines) is 1. The minimum atomic E-state index is 0.346. The van der Waals surface area contributed by atoms with Crippen LogP contribution in [0.25, 0.3) is 32.8 Å². The van der Waals surface area contributed by atoms with E-state index in [1.807, 2.05) is 36.4 Å². The molecular formula is C32H32N4O2. The van der Waals surface area contributed by atoms with Crippen LogP contribution in [0, 0.1) is 0 Å². The molecule has 0 atom stereocenters. The van der Waals surface area contributed by atoms with Crippen molar-refractivity contribution in [3.05, 3.63) is 90.5 Å². The van der Waals surface area contributed by atoms with E-state index >= 15 is 0 Å². The lowest BCUT2D eigenvalue weighted by Crippen LogP contribution is -2.38. The lowest BCUT2D eigenvalue weighted by molar-refractivity contribution is 0.211. The fraction of sp³-hybridized carbons (Fsp3) is 0.250. The molecule has 4 aromatic carbocycles. The number of anilines is 1. The second kappa shape index (κ2) is 10.7. The quantitative estimate of drug-likeness (QED) is 0.271. The maximum Gasteiger partial charge on any atom is 0.156 e. The van der Waals surface area contributed by atoms with E-state index in [2.05, 4.69) is 68.9 Å². The highest BCUT2D eigenvalue weighted by Gasteiger charge is 2.21. The van der Waals surface area contributed by atoms with Crippen molar-refractivity contribution in [1.29, 1.82) is 0 Å². The summed E-state index contributed by atoms with van der Waals surface area (Å²) in [6.45, 7) is 3.07. The van der Waals surface area contributed by atoms with Crippen molar-refractivity contribution < 1.29 is 9.47 Å². The van der Waals surface area contributed by atoms with Gasteiger partial charge in [0.1, 0.15) is 17.2 Å². The molecule has 6 rings (SSSR count). The van der Waals surface area contributed by atoms with Crippen LogP contribution in [-0.2, 0) is 6.54 Å². The third-order valence-electron chi connectivity index (χ3n) is 7.50. The molecule has 0 aliphatic carbocycles. The number of aromatic nitrogens is 2. The summed E-state index contributed by atoms with van der Waals surface area (Å²) in [4.78, 5) is 2.54. The predicted octanol–water partition coefficient (Wildman–Crippen LogP) is 6.54. The summed E-state index contributed by atoms with van der Waals surface area (Å²) in [6, 6.07) is 29.7. The van der Waals surface area contributed by atoms with Crippen molar-refractivity contribution in [2.75, 3.05) is 32.6 Å². The van der Waals surface area contributed by atoms with E-state index < -0.39 is 0 Å². The van der Waals surface area contributed by atoms with E-state index in [1.165, 1.54) is 16.3 Å². The van der Waals surface area contributed by atoms with Gasteiger partial charge in [0.25, 0.3) is 0 Å². The number of hydrogen-bond donors (Lipinski definition) is 1. The number of benzene rings is 4. The monoisotopic (exact) mass is 504 g/mol. The minimum absolute atomic E-state index is 0.346. The fourth-order valence-electron chi connectivity index (χ4n) is 5.35. The maximum atomic E-state index is 5.54. The van der Waals surface area contributed by atoms with E-state index in [9.17, 15) is 0 Å². The average molecular weight is 505 g/mol. The average Bonchev–Trinajstić information content (AvgIpc) is 2.98. The van der Waals surface area contributed by atoms with Crippen LogP contribution in [0.1, 0.15) is 18.4 Å². The lowest BCUT2D eigenvalue weighted by Gasteiger charge is -2.32. The Balaban J connectivity index is 1.18. The summed E-state index contributed by atoms with van der Waals surface area (Å²) < 4.78 is 10.9. The summed E-state index contributed by atoms with van der Waals surface area (Å²) in [6.07, 6.45) is 2.11. The second-order valence-corrected chi connectivity index (χ2v) is 9.91. The van der Waals surface area contributed by atoms with E-state index in [-0.39, 0.29) is 0 Å². The molecule has 0 radical (unpaired) electrons. The van der Waals surface area contributed by atoms with E-state index in [0.29, 0.717) is 6.04 Å². The SMILES string of the molecule is COc1ccc(-c2nnc(NC3CCN(Cc4ccc5ccccc5c4)CC3)c3cc(OC)ccc23)cc1. The van der Waals surface area contributed by atoms with Crippen molar-refractivity contribution in [3.8, 4) is 22.8 Å². The molecular weight excluding hydrogens is 472 g/mol. The molecule has 6 heteroatoms. The van der Waals surface area contributed by atoms with Gasteiger partial charge in [0.15, 0.2) is 5.82 Å². The molecule has 38 heavy (non-hydrogen) atoms. The molecule has 5 aromatic rings. The molecule has 1 aliphatic heterocycles. The van der Waals surface area contributed by atoms with Gasteiger partial charge in [-0.05, 0) is 77.7 Å². The molecule has 0 amide bonds. The van der Waals surface area contributed by atoms with Crippen molar-refractivity contribution in [3.63, 3.8) is 0 Å². The second-order valence-electron chi connectivity index (χ2n) is 9.91. The standard InChI is InChI=1S/C32H32N4O2/c1-37-27-11-9-24(10-12-27)31-29-14-13-28(38-2)20-30(29)32(35-34-31)33-26-15-17-36(18-16-26)21-22-7-8-23-5-3-4-6-25(23)19-22/h3-14,19-20,26H,15-18,21H2,1-2H3,(H,33,35). The van der Waals surface area contributed by atoms with E-state index in [0.717, 1.165) is 71.8 Å². The highest BCUT2D eigenvalue weighted by molar-refractivity contribution is 6.00. The lowest BCUT2D eigenvalue weighted by atomic mass is 10.0. The minimum Gasteiger partial charge on any atom is -0.497 e. The third-order valence-corrected chi connectivity index (χ3v) is 7.50. The molecule has 1 aliphatic rings. The molecule has 1 N–H and O–H groups in total. The van der Waals surface area contributed by atoms with Crippen LogP contribution in [0.2, 0.25) is 0 Å². The molecule has 192 valence electrons. The zero-order valence-electron chi connectivity index (χ0n) is 21.9. The number of nitrogens with one attached hydrogen (secondary N) is 1. The first-order valence-corrected chi connectivity index (χ1v) is 13.2. The highest BCUT2D eigenvalue weighted by Crippen LogP contribution is 2.34. The molecule has 0 spiro atoms. The summed E-state index contributed by atoms with van der Waals surface area (Å²) >= 11 is 0. The van der Waals surface area contributed by atoms with Crippen LogP contribution in [0.15, 0.2) is 84.9 Å². The van der Waals surface area contributed by atoms with Crippen LogP contribution in [0.5, 0.6) is 11.5 Å². The van der Waals surface area contributed by atoms with E-state index in [4.69, 9.17) is 9.47 Å². The highest BCUT2D eigenvalue weighted by atomic mass is 16.5. The van der Waals surface area contributed by atoms with Gasteiger partial charge in [-0.3, -0.25) is 4.90 Å². The number of rotatable bonds is 7. The Morgan fingerprint density at radius 3 is 2.26 bits per heavy atom. The Hall–Kier alpha value is -4.16. The Morgan fingerprint density at radius 2 is 1.50 bits per heavy atom. The molecule has 6 nitrogen and oxygen atoms in total. The number of hydrogen-bond acceptors (Lipinski definition) is 6. The van der Waals surface area contributed by atoms with Crippen molar-refractivity contribution in [1.82, 2.24) is 15.1 Å². The van der Waals surface area contributed by atoms with Gasteiger partial charge in [-0.15, -0.1) is 10.2 Å². The fourth-order valence-corrected chi connectivity index (χ4v) is 5.35. The molecule has 2 heterocycles. The summed E-state index contributed by atoms with van der Waals surface area (Å²) in [5.74, 6) is 2.43. The summed E-state index contributed by atoms with van der Waals surface area (Å²) in [7, 11) is 3.36. The molecule has 1 fully saturated rings. The molecule has 1 saturated heterocycles. The topological polar surface area (TPSA) is 59.5 Å². The summed E-state index contributed by atoms with van der Waals surface area (Å²) in [5.41, 5.74) is 3.22. The number of piperidine rings is 1. The third kappa shape index (κ3) is 5.00. The van der Waals surface area contributed by atoms with Gasteiger partial charge < -0.3 is 14.8 Å². The first-order chi connectivity index (χ1) is 18.7. The van der Waals surface area contributed by atoms with Gasteiger partial charge in [0.2, 0.25) is 0 Å². The smallest absolute Gasteiger partial charge is 0.156 e. The van der Waals surface area contributed by atoms with Crippen molar-refractivity contribution in [2.45, 2.75) is 25.4 Å². The first-order valence-electron chi connectivity index (χ1n) is 13.2. The Kier molecular flexibility index (Phi) is 6.80. The number of methoxy groups -OCH3 is 2. The van der Waals surface area contributed by atoms with Crippen LogP contribution in [-0.4, -0.2) is 48.4 Å². The van der Waals surface area contributed by atoms with Crippen LogP contribution in [0.4, 0.5) is 5.82 Å². The van der Waals surface area contributed by atoms with Gasteiger partial charge in [-0.1, -0.05) is 36.4 Å². The van der Waals surface area contributed by atoms with Gasteiger partial charge in [0, 0.05) is 42.0 Å². The molecule has 0 unspecified atom stereocenters. The van der Waals surface area contributed by atoms with Gasteiger partial charge in [-0.2, -0.15) is 0 Å². The zero-order valence-corrected chi connectivity index (χ0v) is 21.9. The Bertz CT molecular complexity index is 1560. The predicted molar refractivity (Wildman–Crippen MR) is 154 cm³/mol. The Morgan fingerprint density at radius 1 is 0.763 bits per heavy atom. The number of nitrogens with zero attached hydrogens (tertiary/aromatic N) is 3. The molecule has 0 bridgehead atoms. The van der Waals surface area contributed by atoms with E-state index in [1.54, 1.807) is 14.2 Å². The largest absolute Gasteiger partial charge is 0.497 e.